The Morgan fingerprint density at radius 1 is 1.14 bits per heavy atom. The van der Waals surface area contributed by atoms with Gasteiger partial charge in [-0.3, -0.25) is 14.2 Å². The van der Waals surface area contributed by atoms with E-state index in [4.69, 9.17) is 11.6 Å². The molecule has 6 nitrogen and oxygen atoms in total. The summed E-state index contributed by atoms with van der Waals surface area (Å²) in [4.78, 5) is 12.5. The molecule has 0 aliphatic carbocycles. The SMILES string of the molecule is CC(C(=O)Nc1nn(Cc2ccccc2)cc1Cl)n1nc(C(F)F)cc1C(F)F. The largest absolute Gasteiger partial charge is 0.306 e. The molecule has 154 valence electrons. The number of anilines is 1. The van der Waals surface area contributed by atoms with Crippen LogP contribution in [0.25, 0.3) is 0 Å². The van der Waals surface area contributed by atoms with Crippen molar-refractivity contribution in [2.45, 2.75) is 32.4 Å². The van der Waals surface area contributed by atoms with Gasteiger partial charge in [0.15, 0.2) is 5.82 Å². The molecule has 1 aromatic carbocycles. The second-order valence-corrected chi connectivity index (χ2v) is 6.62. The van der Waals surface area contributed by atoms with Crippen LogP contribution in [0.3, 0.4) is 0 Å². The number of nitrogens with one attached hydrogen (secondary N) is 1. The average Bonchev–Trinajstić information content (AvgIpc) is 3.26. The number of aromatic nitrogens is 4. The van der Waals surface area contributed by atoms with Crippen molar-refractivity contribution in [3.8, 4) is 0 Å². The van der Waals surface area contributed by atoms with Crippen molar-refractivity contribution in [1.29, 1.82) is 0 Å². The van der Waals surface area contributed by atoms with Crippen LogP contribution in [0.1, 0.15) is 42.8 Å². The van der Waals surface area contributed by atoms with Crippen LogP contribution in [0.2, 0.25) is 5.02 Å². The lowest BCUT2D eigenvalue weighted by atomic mass is 10.2. The third kappa shape index (κ3) is 4.76. The fourth-order valence-electron chi connectivity index (χ4n) is 2.67. The molecule has 11 heteroatoms. The van der Waals surface area contributed by atoms with Crippen molar-refractivity contribution in [1.82, 2.24) is 19.6 Å². The van der Waals surface area contributed by atoms with Gasteiger partial charge in [-0.2, -0.15) is 10.2 Å². The molecule has 0 spiro atoms. The molecule has 0 radical (unpaired) electrons. The van der Waals surface area contributed by atoms with Gasteiger partial charge in [0.2, 0.25) is 5.91 Å². The minimum absolute atomic E-state index is 0.0271. The zero-order chi connectivity index (χ0) is 21.1. The molecule has 2 heterocycles. The maximum absolute atomic E-state index is 13.2. The van der Waals surface area contributed by atoms with Gasteiger partial charge in [0, 0.05) is 6.20 Å². The third-order valence-corrected chi connectivity index (χ3v) is 4.40. The molecule has 0 aliphatic rings. The molecule has 29 heavy (non-hydrogen) atoms. The topological polar surface area (TPSA) is 64.7 Å². The van der Waals surface area contributed by atoms with Gasteiger partial charge >= 0.3 is 0 Å². The van der Waals surface area contributed by atoms with Crippen LogP contribution >= 0.6 is 11.6 Å². The number of halogens is 5. The van der Waals surface area contributed by atoms with Crippen LogP contribution in [0, 0.1) is 0 Å². The number of carbonyl (C=O) groups excluding carboxylic acids is 1. The van der Waals surface area contributed by atoms with Crippen LogP contribution in [0.4, 0.5) is 23.4 Å². The van der Waals surface area contributed by atoms with E-state index in [0.717, 1.165) is 5.56 Å². The van der Waals surface area contributed by atoms with Crippen molar-refractivity contribution in [3.63, 3.8) is 0 Å². The lowest BCUT2D eigenvalue weighted by Crippen LogP contribution is -2.26. The van der Waals surface area contributed by atoms with E-state index in [9.17, 15) is 22.4 Å². The van der Waals surface area contributed by atoms with Gasteiger partial charge in [0.1, 0.15) is 22.5 Å². The number of benzene rings is 1. The molecule has 1 N–H and O–H groups in total. The summed E-state index contributed by atoms with van der Waals surface area (Å²) in [5.74, 6) is -0.748. The molecule has 0 saturated heterocycles. The number of hydrogen-bond acceptors (Lipinski definition) is 3. The van der Waals surface area contributed by atoms with Crippen LogP contribution < -0.4 is 5.32 Å². The van der Waals surface area contributed by atoms with Gasteiger partial charge in [-0.25, -0.2) is 17.6 Å². The van der Waals surface area contributed by atoms with E-state index >= 15 is 0 Å². The molecule has 1 atom stereocenters. The molecule has 3 rings (SSSR count). The highest BCUT2D eigenvalue weighted by Crippen LogP contribution is 2.28. The van der Waals surface area contributed by atoms with Crippen molar-refractivity contribution in [2.24, 2.45) is 0 Å². The Morgan fingerprint density at radius 3 is 2.45 bits per heavy atom. The van der Waals surface area contributed by atoms with Crippen molar-refractivity contribution < 1.29 is 22.4 Å². The summed E-state index contributed by atoms with van der Waals surface area (Å²) in [6.45, 7) is 1.66. The molecule has 3 aromatic rings. The number of hydrogen-bond donors (Lipinski definition) is 1. The molecule has 0 aliphatic heterocycles. The standard InChI is InChI=1S/C18H16ClF4N5O/c1-10(28-14(16(22)23)7-13(25-28)15(20)21)18(29)24-17-12(19)9-27(26-17)8-11-5-3-2-4-6-11/h2-7,9-10,15-16H,8H2,1H3,(H,24,26,29). The smallest absolute Gasteiger partial charge is 0.282 e. The second kappa shape index (κ2) is 8.64. The zero-order valence-electron chi connectivity index (χ0n) is 15.1. The molecule has 1 amide bonds. The van der Waals surface area contributed by atoms with E-state index in [1.807, 2.05) is 30.3 Å². The highest BCUT2D eigenvalue weighted by Gasteiger charge is 2.27. The van der Waals surface area contributed by atoms with Gasteiger partial charge in [0.05, 0.1) is 6.54 Å². The first kappa shape index (κ1) is 20.8. The summed E-state index contributed by atoms with van der Waals surface area (Å²) >= 11 is 6.09. The number of amides is 1. The monoisotopic (exact) mass is 429 g/mol. The highest BCUT2D eigenvalue weighted by molar-refractivity contribution is 6.33. The Bertz CT molecular complexity index is 990. The summed E-state index contributed by atoms with van der Waals surface area (Å²) in [6, 6.07) is 8.67. The van der Waals surface area contributed by atoms with E-state index in [2.05, 4.69) is 15.5 Å². The molecular formula is C18H16ClF4N5O. The van der Waals surface area contributed by atoms with Gasteiger partial charge in [-0.05, 0) is 18.6 Å². The molecule has 0 fully saturated rings. The summed E-state index contributed by atoms with van der Waals surface area (Å²) in [5, 5.41) is 10.2. The Balaban J connectivity index is 1.77. The predicted molar refractivity (Wildman–Crippen MR) is 98.3 cm³/mol. The Hall–Kier alpha value is -2.88. The molecule has 1 unspecified atom stereocenters. The summed E-state index contributed by atoms with van der Waals surface area (Å²) in [5.41, 5.74) is -0.649. The van der Waals surface area contributed by atoms with Gasteiger partial charge in [0.25, 0.3) is 12.9 Å². The zero-order valence-corrected chi connectivity index (χ0v) is 15.8. The van der Waals surface area contributed by atoms with Gasteiger partial charge in [-0.1, -0.05) is 41.9 Å². The fourth-order valence-corrected chi connectivity index (χ4v) is 2.87. The Labute approximate surface area is 168 Å². The highest BCUT2D eigenvalue weighted by atomic mass is 35.5. The summed E-state index contributed by atoms with van der Waals surface area (Å²) in [6.07, 6.45) is -4.60. The van der Waals surface area contributed by atoms with Gasteiger partial charge < -0.3 is 5.32 Å². The Morgan fingerprint density at radius 2 is 1.83 bits per heavy atom. The van der Waals surface area contributed by atoms with E-state index in [1.54, 1.807) is 0 Å². The first-order chi connectivity index (χ1) is 13.8. The first-order valence-electron chi connectivity index (χ1n) is 8.49. The number of alkyl halides is 4. The van der Waals surface area contributed by atoms with Crippen LogP contribution in [-0.2, 0) is 11.3 Å². The number of carbonyl (C=O) groups is 1. The van der Waals surface area contributed by atoms with Crippen LogP contribution in [-0.4, -0.2) is 25.5 Å². The summed E-state index contributed by atoms with van der Waals surface area (Å²) < 4.78 is 54.0. The number of rotatable bonds is 7. The fraction of sp³-hybridized carbons (Fsp3) is 0.278. The molecule has 0 saturated carbocycles. The van der Waals surface area contributed by atoms with E-state index in [-0.39, 0.29) is 10.8 Å². The van der Waals surface area contributed by atoms with Crippen molar-refractivity contribution in [2.75, 3.05) is 5.32 Å². The molecule has 0 bridgehead atoms. The first-order valence-corrected chi connectivity index (χ1v) is 8.87. The van der Waals surface area contributed by atoms with Crippen molar-refractivity contribution >= 4 is 23.3 Å². The molecule has 2 aromatic heterocycles. The van der Waals surface area contributed by atoms with Gasteiger partial charge in [-0.15, -0.1) is 0 Å². The summed E-state index contributed by atoms with van der Waals surface area (Å²) in [7, 11) is 0. The quantitative estimate of drug-likeness (QED) is 0.546. The average molecular weight is 430 g/mol. The van der Waals surface area contributed by atoms with Crippen molar-refractivity contribution in [3.05, 3.63) is 64.6 Å². The number of nitrogens with zero attached hydrogens (tertiary/aromatic N) is 4. The lowest BCUT2D eigenvalue weighted by Gasteiger charge is -2.14. The van der Waals surface area contributed by atoms with Crippen LogP contribution in [0.5, 0.6) is 0 Å². The van der Waals surface area contributed by atoms with E-state index < -0.39 is 36.2 Å². The van der Waals surface area contributed by atoms with Crippen LogP contribution in [0.15, 0.2) is 42.6 Å². The Kier molecular flexibility index (Phi) is 6.21. The maximum atomic E-state index is 13.2. The maximum Gasteiger partial charge on any atom is 0.282 e. The van der Waals surface area contributed by atoms with E-state index in [0.29, 0.717) is 17.3 Å². The predicted octanol–water partition coefficient (Wildman–Crippen LogP) is 4.86. The lowest BCUT2D eigenvalue weighted by molar-refractivity contribution is -0.119. The minimum Gasteiger partial charge on any atom is -0.306 e. The third-order valence-electron chi connectivity index (χ3n) is 4.12. The second-order valence-electron chi connectivity index (χ2n) is 6.21. The molecular weight excluding hydrogens is 414 g/mol. The normalized spacial score (nSPS) is 12.6. The van der Waals surface area contributed by atoms with E-state index in [1.165, 1.54) is 17.8 Å². The minimum atomic E-state index is -3.07.